The smallest absolute Gasteiger partial charge is 0.344 e. The summed E-state index contributed by atoms with van der Waals surface area (Å²) >= 11 is 0. The molecule has 0 radical (unpaired) electrons. The highest BCUT2D eigenvalue weighted by molar-refractivity contribution is 8.59. The molecule has 0 saturated heterocycles. The Morgan fingerprint density at radius 2 is 0.810 bits per heavy atom. The van der Waals surface area contributed by atoms with E-state index < -0.39 is 40.1 Å². The zero-order valence-corrected chi connectivity index (χ0v) is 13.2. The first kappa shape index (κ1) is 37.1. The Labute approximate surface area is 121 Å². The van der Waals surface area contributed by atoms with Crippen LogP contribution in [0.25, 0.3) is 0 Å². The molecule has 1 atom stereocenters. The average molecular weight is 408 g/mol. The molecule has 0 aromatic rings. The van der Waals surface area contributed by atoms with Crippen LogP contribution in [0.3, 0.4) is 0 Å². The van der Waals surface area contributed by atoms with Crippen molar-refractivity contribution in [1.82, 2.24) is 24.6 Å². The fourth-order valence-corrected chi connectivity index (χ4v) is 0.632. The minimum absolute atomic E-state index is 0. The van der Waals surface area contributed by atoms with Gasteiger partial charge >= 0.3 is 40.1 Å². The van der Waals surface area contributed by atoms with E-state index >= 15 is 0 Å². The summed E-state index contributed by atoms with van der Waals surface area (Å²) < 4.78 is 102. The van der Waals surface area contributed by atoms with Crippen molar-refractivity contribution in [3.8, 4) is 0 Å². The molecule has 16 N–H and O–H groups in total. The Hall–Kier alpha value is -0.400. The number of rotatable bonds is 4. The van der Waals surface area contributed by atoms with Crippen molar-refractivity contribution in [3.05, 3.63) is 0 Å². The largest absolute Gasteiger partial charge is 0.425 e. The fraction of sp³-hybridized carbons (Fsp3) is 0. The first-order valence-corrected chi connectivity index (χ1v) is 8.36. The fourth-order valence-electron chi connectivity index (χ4n) is 0.0702. The van der Waals surface area contributed by atoms with Crippen molar-refractivity contribution in [2.24, 2.45) is 0 Å². The Morgan fingerprint density at radius 3 is 0.857 bits per heavy atom. The highest BCUT2D eigenvalue weighted by Crippen LogP contribution is 1.92. The molecule has 138 valence electrons. The van der Waals surface area contributed by atoms with Gasteiger partial charge in [0.2, 0.25) is 0 Å². The second kappa shape index (κ2) is 13.3. The van der Waals surface area contributed by atoms with Gasteiger partial charge in [-0.3, -0.25) is 18.2 Å². The summed E-state index contributed by atoms with van der Waals surface area (Å²) in [7, 11) is -17.9. The molecule has 0 amide bonds. The van der Waals surface area contributed by atoms with Crippen LogP contribution in [0, 0.1) is 0 Å². The van der Waals surface area contributed by atoms with Crippen molar-refractivity contribution in [3.63, 3.8) is 0 Å². The van der Waals surface area contributed by atoms with Crippen molar-refractivity contribution in [2.75, 3.05) is 0 Å². The Balaban J connectivity index is -0.0000000468. The Bertz CT molecular complexity index is 521. The summed E-state index contributed by atoms with van der Waals surface area (Å²) in [5, 5.41) is 0. The van der Waals surface area contributed by atoms with E-state index in [1.165, 1.54) is 0 Å². The van der Waals surface area contributed by atoms with Crippen LogP contribution >= 0.6 is 0 Å². The second-order valence-corrected chi connectivity index (χ2v) is 7.03. The minimum atomic E-state index is -5.02. The van der Waals surface area contributed by atoms with Gasteiger partial charge in [0, 0.05) is 0 Å². The topological polar surface area (TPSA) is 359 Å². The molecule has 0 aliphatic rings. The summed E-state index contributed by atoms with van der Waals surface area (Å²) in [5.41, 5.74) is 0. The van der Waals surface area contributed by atoms with Gasteiger partial charge in [-0.25, -0.2) is 4.21 Å². The summed E-state index contributed by atoms with van der Waals surface area (Å²) in [4.78, 5) is 0. The van der Waals surface area contributed by atoms with E-state index in [9.17, 15) is 29.5 Å². The lowest BCUT2D eigenvalue weighted by Crippen LogP contribution is -2.10. The summed E-state index contributed by atoms with van der Waals surface area (Å²) in [6, 6.07) is 0. The molecule has 0 rings (SSSR count). The van der Waals surface area contributed by atoms with Gasteiger partial charge in [0.25, 0.3) is 0 Å². The Kier molecular flexibility index (Phi) is 23.5. The molecule has 1 unspecified atom stereocenters. The lowest BCUT2D eigenvalue weighted by atomic mass is 14.0. The van der Waals surface area contributed by atoms with E-state index in [2.05, 4.69) is 8.67 Å². The third-order valence-corrected chi connectivity index (χ3v) is 2.39. The van der Waals surface area contributed by atoms with E-state index in [-0.39, 0.29) is 24.6 Å². The number of hydrogen-bond donors (Lipinski definition) is 8. The maximum atomic E-state index is 9.51. The van der Waals surface area contributed by atoms with Crippen LogP contribution in [0.15, 0.2) is 0 Å². The molecule has 0 aliphatic heterocycles. The average Bonchev–Trinajstić information content (AvgIpc) is 1.97. The van der Waals surface area contributed by atoms with Gasteiger partial charge in [-0.15, -0.1) is 0 Å². The third kappa shape index (κ3) is 38.2. The molecule has 21 heavy (non-hydrogen) atoms. The first-order chi connectivity index (χ1) is 7.15. The molecular weight excluding hydrogens is 392 g/mol. The van der Waals surface area contributed by atoms with Crippen molar-refractivity contribution in [1.29, 1.82) is 0 Å². The molecule has 0 heterocycles. The van der Waals surface area contributed by atoms with Crippen LogP contribution in [0.5, 0.6) is 0 Å². The van der Waals surface area contributed by atoms with E-state index in [4.69, 9.17) is 18.2 Å². The van der Waals surface area contributed by atoms with Gasteiger partial charge in [-0.2, -0.15) is 25.3 Å². The highest BCUT2D eigenvalue weighted by Gasteiger charge is 2.13. The predicted molar refractivity (Wildman–Crippen MR) is 67.7 cm³/mol. The van der Waals surface area contributed by atoms with Crippen LogP contribution in [-0.2, 0) is 48.7 Å². The molecule has 17 nitrogen and oxygen atoms in total. The van der Waals surface area contributed by atoms with E-state index in [1.54, 1.807) is 0 Å². The van der Waals surface area contributed by atoms with E-state index in [1.807, 2.05) is 0 Å². The van der Waals surface area contributed by atoms with Gasteiger partial charge < -0.3 is 24.6 Å². The van der Waals surface area contributed by atoms with Crippen molar-refractivity contribution >= 4 is 40.1 Å². The first-order valence-electron chi connectivity index (χ1n) is 2.56. The zero-order chi connectivity index (χ0) is 14.5. The SMILES string of the molecule is N.N.N.N.O=S(=O)(O)OOS(=O)(=O)O.O=S(O)S(=O)(=O)O. The molecule has 0 fully saturated rings. The summed E-state index contributed by atoms with van der Waals surface area (Å²) in [6.45, 7) is 0. The second-order valence-electron chi connectivity index (χ2n) is 1.64. The van der Waals surface area contributed by atoms with Gasteiger partial charge in [-0.1, -0.05) is 8.67 Å². The molecule has 0 aromatic carbocycles. The molecule has 0 bridgehead atoms. The van der Waals surface area contributed by atoms with Crippen LogP contribution in [0.1, 0.15) is 0 Å². The standard InChI is InChI=1S/4H3N.H2O8S2.H2O5S2/c;;;;1-9(2,3)7-8-10(4,5)6;1-6(2)7(3,4)5/h4*1H3;(H,1,2,3)(H,4,5,6);(H,1,2)(H,3,4,5). The van der Waals surface area contributed by atoms with Gasteiger partial charge in [-0.05, 0) is 0 Å². The summed E-state index contributed by atoms with van der Waals surface area (Å²) in [5.74, 6) is 0. The van der Waals surface area contributed by atoms with E-state index in [0.29, 0.717) is 0 Å². The quantitative estimate of drug-likeness (QED) is 0.0834. The van der Waals surface area contributed by atoms with E-state index in [0.717, 1.165) is 0 Å². The number of hydrogen-bond acceptors (Lipinski definition) is 13. The Morgan fingerprint density at radius 1 is 0.667 bits per heavy atom. The third-order valence-electron chi connectivity index (χ3n) is 0.380. The van der Waals surface area contributed by atoms with Gasteiger partial charge in [0.15, 0.2) is 0 Å². The van der Waals surface area contributed by atoms with Crippen molar-refractivity contribution < 1.29 is 56.3 Å². The van der Waals surface area contributed by atoms with Crippen LogP contribution in [0.2, 0.25) is 0 Å². The monoisotopic (exact) mass is 408 g/mol. The maximum Gasteiger partial charge on any atom is 0.425 e. The molecular formula is H16N4O13S4. The van der Waals surface area contributed by atoms with Crippen LogP contribution in [-0.4, -0.2) is 47.7 Å². The zero-order valence-electron chi connectivity index (χ0n) is 9.92. The highest BCUT2D eigenvalue weighted by atomic mass is 33.2. The van der Waals surface area contributed by atoms with Crippen molar-refractivity contribution in [2.45, 2.75) is 0 Å². The molecule has 0 saturated carbocycles. The molecule has 21 heteroatoms. The van der Waals surface area contributed by atoms with Crippen LogP contribution < -0.4 is 24.6 Å². The predicted octanol–water partition coefficient (Wildman–Crippen LogP) is -1.80. The molecule has 0 aromatic heterocycles. The molecule has 0 spiro atoms. The summed E-state index contributed by atoms with van der Waals surface area (Å²) in [6.07, 6.45) is 0. The van der Waals surface area contributed by atoms with Gasteiger partial charge in [0.1, 0.15) is 0 Å². The minimum Gasteiger partial charge on any atom is -0.344 e. The molecule has 0 aliphatic carbocycles. The lowest BCUT2D eigenvalue weighted by molar-refractivity contribution is -0.105. The maximum absolute atomic E-state index is 9.51. The van der Waals surface area contributed by atoms with Crippen LogP contribution in [0.4, 0.5) is 0 Å². The van der Waals surface area contributed by atoms with Gasteiger partial charge in [0.05, 0.1) is 0 Å². The lowest BCUT2D eigenvalue weighted by Gasteiger charge is -1.92. The normalized spacial score (nSPS) is 11.8.